The number of urea groups is 1. The summed E-state index contributed by atoms with van der Waals surface area (Å²) in [5.41, 5.74) is 11.2. The van der Waals surface area contributed by atoms with Gasteiger partial charge in [-0.05, 0) is 12.1 Å². The number of carbonyl (C=O) groups is 1. The van der Waals surface area contributed by atoms with Gasteiger partial charge in [0.25, 0.3) is 0 Å². The first kappa shape index (κ1) is 13.6. The largest absolute Gasteiger partial charge is 0.494 e. The molecule has 0 radical (unpaired) electrons. The van der Waals surface area contributed by atoms with Crippen molar-refractivity contribution in [2.75, 3.05) is 26.2 Å². The van der Waals surface area contributed by atoms with Gasteiger partial charge in [0, 0.05) is 7.05 Å². The number of amides is 2. The minimum absolute atomic E-state index is 0.0506. The molecule has 1 aromatic carbocycles. The molecule has 0 fully saturated rings. The normalized spacial score (nSPS) is 10.9. The second kappa shape index (κ2) is 5.76. The Morgan fingerprint density at radius 3 is 2.11 bits per heavy atom. The average molecular weight is 252 g/mol. The molecule has 2 amide bonds. The van der Waals surface area contributed by atoms with E-state index in [1.807, 2.05) is 0 Å². The lowest BCUT2D eigenvalue weighted by molar-refractivity contribution is 0.256. The van der Waals surface area contributed by atoms with Crippen LogP contribution in [0.15, 0.2) is 23.2 Å². The maximum Gasteiger partial charge on any atom is 0.341 e. The van der Waals surface area contributed by atoms with Crippen LogP contribution in [-0.2, 0) is 0 Å². The monoisotopic (exact) mass is 252 g/mol. The topological polar surface area (TPSA) is 103 Å². The third-order valence-corrected chi connectivity index (χ3v) is 2.31. The summed E-state index contributed by atoms with van der Waals surface area (Å²) in [6.45, 7) is 0. The van der Waals surface area contributed by atoms with Gasteiger partial charge in [-0.3, -0.25) is 0 Å². The SMILES string of the molecule is COc1cccc(OC)c1N(C)C(N)=NC(N)=O. The van der Waals surface area contributed by atoms with E-state index in [0.717, 1.165) is 0 Å². The fourth-order valence-electron chi connectivity index (χ4n) is 1.46. The molecule has 0 aliphatic heterocycles. The van der Waals surface area contributed by atoms with Crippen LogP contribution >= 0.6 is 0 Å². The average Bonchev–Trinajstić information content (AvgIpc) is 2.35. The van der Waals surface area contributed by atoms with E-state index in [1.54, 1.807) is 25.2 Å². The van der Waals surface area contributed by atoms with E-state index in [2.05, 4.69) is 4.99 Å². The fourth-order valence-corrected chi connectivity index (χ4v) is 1.46. The second-order valence-electron chi connectivity index (χ2n) is 3.38. The first-order valence-corrected chi connectivity index (χ1v) is 5.09. The first-order valence-electron chi connectivity index (χ1n) is 5.09. The van der Waals surface area contributed by atoms with Gasteiger partial charge in [0.15, 0.2) is 0 Å². The van der Waals surface area contributed by atoms with Crippen molar-refractivity contribution in [1.82, 2.24) is 0 Å². The second-order valence-corrected chi connectivity index (χ2v) is 3.38. The van der Waals surface area contributed by atoms with Crippen LogP contribution in [0.5, 0.6) is 11.5 Å². The predicted molar refractivity (Wildman–Crippen MR) is 69.2 cm³/mol. The highest BCUT2D eigenvalue weighted by Gasteiger charge is 2.17. The summed E-state index contributed by atoms with van der Waals surface area (Å²) >= 11 is 0. The number of ether oxygens (including phenoxy) is 2. The number of carbonyl (C=O) groups excluding carboxylic acids is 1. The summed E-state index contributed by atoms with van der Waals surface area (Å²) in [6, 6.07) is 4.39. The van der Waals surface area contributed by atoms with Crippen LogP contribution in [0.1, 0.15) is 0 Å². The molecule has 0 atom stereocenters. The summed E-state index contributed by atoms with van der Waals surface area (Å²) in [4.78, 5) is 15.6. The number of aliphatic imine (C=N–C) groups is 1. The molecule has 0 aliphatic carbocycles. The number of rotatable bonds is 3. The number of anilines is 1. The summed E-state index contributed by atoms with van der Waals surface area (Å²) in [5, 5.41) is 0. The predicted octanol–water partition coefficient (Wildman–Crippen LogP) is 0.533. The molecule has 7 heteroatoms. The molecule has 0 saturated carbocycles. The molecule has 18 heavy (non-hydrogen) atoms. The molecule has 0 aliphatic rings. The maximum absolute atomic E-state index is 10.7. The fraction of sp³-hybridized carbons (Fsp3) is 0.273. The van der Waals surface area contributed by atoms with Crippen LogP contribution in [0.2, 0.25) is 0 Å². The molecule has 0 unspecified atom stereocenters. The van der Waals surface area contributed by atoms with Gasteiger partial charge < -0.3 is 25.8 Å². The van der Waals surface area contributed by atoms with Crippen molar-refractivity contribution in [3.05, 3.63) is 18.2 Å². The molecular formula is C11H16N4O3. The number of guanidine groups is 1. The Balaban J connectivity index is 3.26. The van der Waals surface area contributed by atoms with Gasteiger partial charge in [-0.25, -0.2) is 4.79 Å². The van der Waals surface area contributed by atoms with Crippen molar-refractivity contribution in [3.63, 3.8) is 0 Å². The number of para-hydroxylation sites is 1. The highest BCUT2D eigenvalue weighted by atomic mass is 16.5. The Labute approximate surface area is 105 Å². The van der Waals surface area contributed by atoms with E-state index in [-0.39, 0.29) is 5.96 Å². The molecule has 7 nitrogen and oxygen atoms in total. The maximum atomic E-state index is 10.7. The zero-order valence-corrected chi connectivity index (χ0v) is 10.5. The lowest BCUT2D eigenvalue weighted by atomic mass is 10.2. The Morgan fingerprint density at radius 2 is 1.72 bits per heavy atom. The van der Waals surface area contributed by atoms with Crippen molar-refractivity contribution >= 4 is 17.7 Å². The zero-order chi connectivity index (χ0) is 13.7. The van der Waals surface area contributed by atoms with Crippen molar-refractivity contribution < 1.29 is 14.3 Å². The minimum Gasteiger partial charge on any atom is -0.494 e. The van der Waals surface area contributed by atoms with E-state index in [4.69, 9.17) is 20.9 Å². The number of primary amides is 1. The number of hydrogen-bond donors (Lipinski definition) is 2. The molecule has 0 bridgehead atoms. The quantitative estimate of drug-likeness (QED) is 0.603. The summed E-state index contributed by atoms with van der Waals surface area (Å²) in [6.07, 6.45) is 0. The lowest BCUT2D eigenvalue weighted by Gasteiger charge is -2.22. The molecule has 0 spiro atoms. The van der Waals surface area contributed by atoms with Gasteiger partial charge in [-0.1, -0.05) is 6.07 Å². The lowest BCUT2D eigenvalue weighted by Crippen LogP contribution is -2.35. The van der Waals surface area contributed by atoms with E-state index in [0.29, 0.717) is 17.2 Å². The Morgan fingerprint density at radius 1 is 1.22 bits per heavy atom. The van der Waals surface area contributed by atoms with Crippen molar-refractivity contribution in [2.24, 2.45) is 16.5 Å². The summed E-state index contributed by atoms with van der Waals surface area (Å²) in [5.74, 6) is 1.03. The van der Waals surface area contributed by atoms with E-state index in [9.17, 15) is 4.79 Å². The van der Waals surface area contributed by atoms with Crippen molar-refractivity contribution in [2.45, 2.75) is 0 Å². The van der Waals surface area contributed by atoms with E-state index < -0.39 is 6.03 Å². The molecule has 0 saturated heterocycles. The number of hydrogen-bond acceptors (Lipinski definition) is 3. The Hall–Kier alpha value is -2.44. The molecule has 1 aromatic rings. The number of nitrogens with two attached hydrogens (primary N) is 2. The van der Waals surface area contributed by atoms with Gasteiger partial charge in [-0.2, -0.15) is 4.99 Å². The number of nitrogens with zero attached hydrogens (tertiary/aromatic N) is 2. The van der Waals surface area contributed by atoms with Crippen molar-refractivity contribution in [1.29, 1.82) is 0 Å². The Kier molecular flexibility index (Phi) is 4.36. The van der Waals surface area contributed by atoms with Gasteiger partial charge >= 0.3 is 6.03 Å². The standard InChI is InChI=1S/C11H16N4O3/c1-15(10(12)14-11(13)16)9-7(17-2)5-4-6-8(9)18-3/h4-6H,1-3H3,(H4,12,13,14,16). The molecule has 0 aromatic heterocycles. The van der Waals surface area contributed by atoms with Gasteiger partial charge in [-0.15, -0.1) is 0 Å². The minimum atomic E-state index is -0.867. The van der Waals surface area contributed by atoms with Crippen LogP contribution in [0.25, 0.3) is 0 Å². The van der Waals surface area contributed by atoms with Crippen LogP contribution in [0.4, 0.5) is 10.5 Å². The van der Waals surface area contributed by atoms with Crippen LogP contribution < -0.4 is 25.8 Å². The molecule has 4 N–H and O–H groups in total. The first-order chi connectivity index (χ1) is 8.51. The third-order valence-electron chi connectivity index (χ3n) is 2.31. The number of methoxy groups -OCH3 is 2. The molecular weight excluding hydrogens is 236 g/mol. The number of benzene rings is 1. The van der Waals surface area contributed by atoms with Crippen molar-refractivity contribution in [3.8, 4) is 11.5 Å². The highest BCUT2D eigenvalue weighted by molar-refractivity contribution is 6.02. The zero-order valence-electron chi connectivity index (χ0n) is 10.5. The van der Waals surface area contributed by atoms with E-state index in [1.165, 1.54) is 19.1 Å². The van der Waals surface area contributed by atoms with Gasteiger partial charge in [0.05, 0.1) is 14.2 Å². The van der Waals surface area contributed by atoms with Crippen LogP contribution in [0.3, 0.4) is 0 Å². The summed E-state index contributed by atoms with van der Waals surface area (Å²) < 4.78 is 10.4. The smallest absolute Gasteiger partial charge is 0.341 e. The van der Waals surface area contributed by atoms with Gasteiger partial charge in [0.1, 0.15) is 17.2 Å². The third kappa shape index (κ3) is 2.82. The molecule has 0 heterocycles. The Bertz CT molecular complexity index is 451. The molecule has 1 rings (SSSR count). The van der Waals surface area contributed by atoms with Gasteiger partial charge in [0.2, 0.25) is 5.96 Å². The van der Waals surface area contributed by atoms with Crippen LogP contribution in [0, 0.1) is 0 Å². The summed E-state index contributed by atoms with van der Waals surface area (Å²) in [7, 11) is 4.67. The van der Waals surface area contributed by atoms with E-state index >= 15 is 0 Å². The highest BCUT2D eigenvalue weighted by Crippen LogP contribution is 2.36. The van der Waals surface area contributed by atoms with Crippen LogP contribution in [-0.4, -0.2) is 33.3 Å². The molecule has 98 valence electrons.